The van der Waals surface area contributed by atoms with Gasteiger partial charge in [-0.05, 0) is 25.0 Å². The zero-order valence-electron chi connectivity index (χ0n) is 12.4. The van der Waals surface area contributed by atoms with E-state index in [0.29, 0.717) is 12.0 Å². The predicted molar refractivity (Wildman–Crippen MR) is 83.1 cm³/mol. The second-order valence-electron chi connectivity index (χ2n) is 5.87. The van der Waals surface area contributed by atoms with E-state index in [9.17, 15) is 0 Å². The van der Waals surface area contributed by atoms with E-state index in [0.717, 1.165) is 42.2 Å². The minimum atomic E-state index is 0.524. The third-order valence-corrected chi connectivity index (χ3v) is 4.03. The Bertz CT molecular complexity index is 608. The highest BCUT2D eigenvalue weighted by Crippen LogP contribution is 2.22. The molecule has 3 rings (SSSR count). The number of benzene rings is 1. The summed E-state index contributed by atoms with van der Waals surface area (Å²) in [6, 6.07) is 8.61. The zero-order chi connectivity index (χ0) is 14.1. The highest BCUT2D eigenvalue weighted by atomic mass is 15.3. The van der Waals surface area contributed by atoms with Crippen LogP contribution < -0.4 is 10.2 Å². The lowest BCUT2D eigenvalue weighted by atomic mass is 10.0. The van der Waals surface area contributed by atoms with E-state index in [1.807, 2.05) is 24.3 Å². The highest BCUT2D eigenvalue weighted by Gasteiger charge is 2.24. The van der Waals surface area contributed by atoms with Crippen LogP contribution in [0.3, 0.4) is 0 Å². The maximum absolute atomic E-state index is 4.83. The Balaban J connectivity index is 1.94. The van der Waals surface area contributed by atoms with Crippen molar-refractivity contribution in [2.75, 3.05) is 24.5 Å². The molecule has 1 unspecified atom stereocenters. The van der Waals surface area contributed by atoms with Crippen molar-refractivity contribution in [1.82, 2.24) is 15.3 Å². The normalized spacial score (nSPS) is 19.8. The fourth-order valence-corrected chi connectivity index (χ4v) is 2.80. The Morgan fingerprint density at radius 2 is 1.90 bits per heavy atom. The van der Waals surface area contributed by atoms with Crippen LogP contribution in [0.15, 0.2) is 24.3 Å². The van der Waals surface area contributed by atoms with Crippen molar-refractivity contribution in [1.29, 1.82) is 0 Å². The number of piperazine rings is 1. The van der Waals surface area contributed by atoms with E-state index in [1.54, 1.807) is 0 Å². The molecule has 2 heterocycles. The summed E-state index contributed by atoms with van der Waals surface area (Å²) in [7, 11) is 0. The van der Waals surface area contributed by atoms with Crippen LogP contribution in [0, 0.1) is 12.8 Å². The number of fused-ring (bicyclic) bond motifs is 1. The standard InChI is InChI=1S/C16H22N4/c1-11(2)15-10-20(9-8-17-15)16-12(3)18-13-6-4-5-7-14(13)19-16/h4-7,11,15,17H,8-10H2,1-3H3. The summed E-state index contributed by atoms with van der Waals surface area (Å²) in [5, 5.41) is 3.59. The van der Waals surface area contributed by atoms with E-state index >= 15 is 0 Å². The molecule has 1 aliphatic rings. The van der Waals surface area contributed by atoms with Crippen LogP contribution in [0.2, 0.25) is 0 Å². The van der Waals surface area contributed by atoms with E-state index in [-0.39, 0.29) is 0 Å². The molecule has 0 bridgehead atoms. The molecule has 4 nitrogen and oxygen atoms in total. The Labute approximate surface area is 120 Å². The zero-order valence-corrected chi connectivity index (χ0v) is 12.4. The first-order valence-corrected chi connectivity index (χ1v) is 7.37. The highest BCUT2D eigenvalue weighted by molar-refractivity contribution is 5.76. The molecule has 4 heteroatoms. The number of nitrogens with zero attached hydrogens (tertiary/aromatic N) is 3. The van der Waals surface area contributed by atoms with Gasteiger partial charge in [-0.25, -0.2) is 9.97 Å². The molecule has 1 saturated heterocycles. The minimum absolute atomic E-state index is 0.524. The molecule has 0 saturated carbocycles. The van der Waals surface area contributed by atoms with Crippen LogP contribution >= 0.6 is 0 Å². The molecule has 1 atom stereocenters. The van der Waals surface area contributed by atoms with Gasteiger partial charge in [0.25, 0.3) is 0 Å². The summed E-state index contributed by atoms with van der Waals surface area (Å²) in [6.45, 7) is 9.60. The first-order chi connectivity index (χ1) is 9.65. The smallest absolute Gasteiger partial charge is 0.150 e. The van der Waals surface area contributed by atoms with Crippen molar-refractivity contribution >= 4 is 16.9 Å². The van der Waals surface area contributed by atoms with Gasteiger partial charge in [-0.3, -0.25) is 0 Å². The Morgan fingerprint density at radius 1 is 1.20 bits per heavy atom. The van der Waals surface area contributed by atoms with Gasteiger partial charge in [-0.1, -0.05) is 26.0 Å². The molecular weight excluding hydrogens is 248 g/mol. The minimum Gasteiger partial charge on any atom is -0.352 e. The van der Waals surface area contributed by atoms with Gasteiger partial charge >= 0.3 is 0 Å². The van der Waals surface area contributed by atoms with Gasteiger partial charge in [0.1, 0.15) is 0 Å². The fourth-order valence-electron chi connectivity index (χ4n) is 2.80. The van der Waals surface area contributed by atoms with E-state index in [1.165, 1.54) is 0 Å². The molecule has 0 spiro atoms. The second-order valence-corrected chi connectivity index (χ2v) is 5.87. The van der Waals surface area contributed by atoms with Gasteiger partial charge in [-0.2, -0.15) is 0 Å². The van der Waals surface area contributed by atoms with Crippen molar-refractivity contribution in [2.24, 2.45) is 5.92 Å². The first kappa shape index (κ1) is 13.3. The largest absolute Gasteiger partial charge is 0.352 e. The van der Waals surface area contributed by atoms with Gasteiger partial charge in [0.05, 0.1) is 16.7 Å². The van der Waals surface area contributed by atoms with Gasteiger partial charge in [-0.15, -0.1) is 0 Å². The van der Waals surface area contributed by atoms with E-state index in [2.05, 4.69) is 31.0 Å². The third kappa shape index (κ3) is 2.48. The summed E-state index contributed by atoms with van der Waals surface area (Å²) in [5.41, 5.74) is 2.98. The van der Waals surface area contributed by atoms with Crippen molar-refractivity contribution in [3.8, 4) is 0 Å². The molecule has 0 radical (unpaired) electrons. The maximum Gasteiger partial charge on any atom is 0.150 e. The number of nitrogens with one attached hydrogen (secondary N) is 1. The van der Waals surface area contributed by atoms with Crippen molar-refractivity contribution in [2.45, 2.75) is 26.8 Å². The van der Waals surface area contributed by atoms with Crippen molar-refractivity contribution in [3.05, 3.63) is 30.0 Å². The molecular formula is C16H22N4. The maximum atomic E-state index is 4.83. The average molecular weight is 270 g/mol. The quantitative estimate of drug-likeness (QED) is 0.909. The lowest BCUT2D eigenvalue weighted by molar-refractivity contribution is 0.367. The van der Waals surface area contributed by atoms with Crippen molar-refractivity contribution in [3.63, 3.8) is 0 Å². The molecule has 106 valence electrons. The van der Waals surface area contributed by atoms with Crippen LogP contribution in [0.5, 0.6) is 0 Å². The first-order valence-electron chi connectivity index (χ1n) is 7.37. The van der Waals surface area contributed by atoms with Crippen LogP contribution in [-0.2, 0) is 0 Å². The number of hydrogen-bond donors (Lipinski definition) is 1. The number of hydrogen-bond acceptors (Lipinski definition) is 4. The Kier molecular flexibility index (Phi) is 3.57. The van der Waals surface area contributed by atoms with E-state index < -0.39 is 0 Å². The summed E-state index contributed by atoms with van der Waals surface area (Å²) < 4.78 is 0. The number of aromatic nitrogens is 2. The molecule has 0 amide bonds. The molecule has 1 N–H and O–H groups in total. The van der Waals surface area contributed by atoms with Crippen LogP contribution in [0.4, 0.5) is 5.82 Å². The Morgan fingerprint density at radius 3 is 2.60 bits per heavy atom. The molecule has 1 fully saturated rings. The number of aryl methyl sites for hydroxylation is 1. The summed E-state index contributed by atoms with van der Waals surface area (Å²) in [5.74, 6) is 1.67. The number of para-hydroxylation sites is 2. The molecule has 1 aromatic heterocycles. The fraction of sp³-hybridized carbons (Fsp3) is 0.500. The summed E-state index contributed by atoms with van der Waals surface area (Å²) >= 11 is 0. The van der Waals surface area contributed by atoms with Gasteiger partial charge in [0.15, 0.2) is 5.82 Å². The Hall–Kier alpha value is -1.68. The molecule has 1 aliphatic heterocycles. The molecule has 2 aromatic rings. The van der Waals surface area contributed by atoms with Gasteiger partial charge in [0.2, 0.25) is 0 Å². The monoisotopic (exact) mass is 270 g/mol. The van der Waals surface area contributed by atoms with E-state index in [4.69, 9.17) is 9.97 Å². The molecule has 1 aromatic carbocycles. The van der Waals surface area contributed by atoms with Crippen molar-refractivity contribution < 1.29 is 0 Å². The third-order valence-electron chi connectivity index (χ3n) is 4.03. The average Bonchev–Trinajstić information content (AvgIpc) is 2.46. The van der Waals surface area contributed by atoms with Crippen LogP contribution in [0.1, 0.15) is 19.5 Å². The van der Waals surface area contributed by atoms with Gasteiger partial charge < -0.3 is 10.2 Å². The number of anilines is 1. The lowest BCUT2D eigenvalue weighted by Crippen LogP contribution is -2.53. The second kappa shape index (κ2) is 5.37. The predicted octanol–water partition coefficient (Wildman–Crippen LogP) is 2.37. The van der Waals surface area contributed by atoms with Crippen LogP contribution in [-0.4, -0.2) is 35.6 Å². The van der Waals surface area contributed by atoms with Gasteiger partial charge in [0, 0.05) is 25.7 Å². The molecule has 20 heavy (non-hydrogen) atoms. The lowest BCUT2D eigenvalue weighted by Gasteiger charge is -2.36. The number of rotatable bonds is 2. The van der Waals surface area contributed by atoms with Crippen LogP contribution in [0.25, 0.3) is 11.0 Å². The topological polar surface area (TPSA) is 41.1 Å². The summed E-state index contributed by atoms with van der Waals surface area (Å²) in [6.07, 6.45) is 0. The molecule has 0 aliphatic carbocycles. The SMILES string of the molecule is Cc1nc2ccccc2nc1N1CCNC(C(C)C)C1. The summed E-state index contributed by atoms with van der Waals surface area (Å²) in [4.78, 5) is 11.9.